The maximum absolute atomic E-state index is 13.8. The molecule has 0 aromatic heterocycles. The van der Waals surface area contributed by atoms with Crippen LogP contribution < -0.4 is 9.18 Å². The van der Waals surface area contributed by atoms with Crippen molar-refractivity contribution in [1.82, 2.24) is 5.32 Å². The summed E-state index contributed by atoms with van der Waals surface area (Å²) in [6, 6.07) is 11.6. The van der Waals surface area contributed by atoms with Crippen molar-refractivity contribution in [1.29, 1.82) is 0 Å². The van der Waals surface area contributed by atoms with E-state index in [-0.39, 0.29) is 9.78 Å². The molecule has 2 aromatic rings. The van der Waals surface area contributed by atoms with Crippen LogP contribution in [0.3, 0.4) is 0 Å². The molecule has 5 heteroatoms. The predicted octanol–water partition coefficient (Wildman–Crippen LogP) is 2.50. The van der Waals surface area contributed by atoms with Gasteiger partial charge in [0.15, 0.2) is 0 Å². The molecule has 0 bridgehead atoms. The molecule has 0 aliphatic carbocycles. The Morgan fingerprint density at radius 3 is 2.52 bits per heavy atom. The molecule has 0 saturated heterocycles. The van der Waals surface area contributed by atoms with E-state index in [9.17, 15) is 13.6 Å². The van der Waals surface area contributed by atoms with E-state index in [2.05, 4.69) is 5.32 Å². The molecule has 0 aliphatic heterocycles. The number of carbonyl (C=O) groups excluding carboxylic acids is 1. The van der Waals surface area contributed by atoms with Gasteiger partial charge in [0.1, 0.15) is 0 Å². The average Bonchev–Trinajstić information content (AvgIpc) is 2.51. The molecule has 2 rings (SSSR count). The van der Waals surface area contributed by atoms with Gasteiger partial charge in [-0.1, -0.05) is 0 Å². The van der Waals surface area contributed by atoms with E-state index >= 15 is 0 Å². The first-order chi connectivity index (χ1) is 10.1. The molecule has 1 amide bonds. The Morgan fingerprint density at radius 1 is 1.10 bits per heavy atom. The summed E-state index contributed by atoms with van der Waals surface area (Å²) in [4.78, 5) is 11.8. The first-order valence-corrected chi connectivity index (χ1v) is 7.39. The summed E-state index contributed by atoms with van der Waals surface area (Å²) < 4.78 is 27.0. The van der Waals surface area contributed by atoms with Crippen molar-refractivity contribution in [3.05, 3.63) is 65.2 Å². The Morgan fingerprint density at radius 2 is 1.81 bits per heavy atom. The topological polar surface area (TPSA) is 29.1 Å². The summed E-state index contributed by atoms with van der Waals surface area (Å²) in [7, 11) is 0. The van der Waals surface area contributed by atoms with Crippen molar-refractivity contribution < 1.29 is 34.0 Å². The second-order valence-corrected chi connectivity index (χ2v) is 5.40. The molecule has 0 unspecified atom stereocenters. The van der Waals surface area contributed by atoms with Gasteiger partial charge >= 0.3 is 134 Å². The summed E-state index contributed by atoms with van der Waals surface area (Å²) in [5, 5.41) is 2.78. The van der Waals surface area contributed by atoms with Crippen LogP contribution in [0.5, 0.6) is 0 Å². The van der Waals surface area contributed by atoms with E-state index in [0.29, 0.717) is 30.5 Å². The van der Waals surface area contributed by atoms with Crippen molar-refractivity contribution in [2.75, 3.05) is 6.54 Å². The summed E-state index contributed by atoms with van der Waals surface area (Å²) in [5.41, 5.74) is 1.07. The predicted molar refractivity (Wildman–Crippen MR) is 73.1 cm³/mol. The zero-order chi connectivity index (χ0) is 15.2. The van der Waals surface area contributed by atoms with Crippen LogP contribution in [0.4, 0.5) is 8.78 Å². The third kappa shape index (κ3) is 4.22. The van der Waals surface area contributed by atoms with Crippen LogP contribution >= 0.6 is 0 Å². The monoisotopic (exact) mass is 322 g/mol. The molecule has 2 nitrogen and oxygen atoms in total. The first kappa shape index (κ1) is 15.9. The molecule has 0 aliphatic rings. The van der Waals surface area contributed by atoms with Crippen LogP contribution in [-0.2, 0) is 26.9 Å². The summed E-state index contributed by atoms with van der Waals surface area (Å²) in [6.45, 7) is 0.448. The molecule has 21 heavy (non-hydrogen) atoms. The fourth-order valence-corrected chi connectivity index (χ4v) is 2.34. The normalized spacial score (nSPS) is 10.3. The second-order valence-electron chi connectivity index (χ2n) is 4.62. The van der Waals surface area contributed by atoms with Gasteiger partial charge in [0, 0.05) is 0 Å². The number of nitrogens with one attached hydrogen (secondary N) is 1. The van der Waals surface area contributed by atoms with Crippen molar-refractivity contribution >= 4 is 9.78 Å². The minimum atomic E-state index is -0.534. The van der Waals surface area contributed by atoms with E-state index < -0.39 is 11.6 Å². The van der Waals surface area contributed by atoms with E-state index in [1.165, 1.54) is 32.6 Å². The van der Waals surface area contributed by atoms with E-state index in [1.807, 2.05) is 6.07 Å². The fourth-order valence-electron chi connectivity index (χ4n) is 1.96. The van der Waals surface area contributed by atoms with Gasteiger partial charge in [-0.15, -0.1) is 0 Å². The van der Waals surface area contributed by atoms with Crippen molar-refractivity contribution in [3.8, 4) is 0 Å². The molecular formula is C16H14F2NOTi. The van der Waals surface area contributed by atoms with Gasteiger partial charge in [-0.2, -0.15) is 0 Å². The SMILES string of the molecule is O=C(NCCCc1ccc(F)[c]([Ti])c1F)c1ccccc1. The van der Waals surface area contributed by atoms with Gasteiger partial charge in [0.25, 0.3) is 0 Å². The van der Waals surface area contributed by atoms with Crippen molar-refractivity contribution in [3.63, 3.8) is 0 Å². The summed E-state index contributed by atoms with van der Waals surface area (Å²) in [6.07, 6.45) is 1.06. The molecule has 0 atom stereocenters. The minimum absolute atomic E-state index is 0.0424. The first-order valence-electron chi connectivity index (χ1n) is 6.61. The Kier molecular flexibility index (Phi) is 5.65. The summed E-state index contributed by atoms with van der Waals surface area (Å²) >= 11 is 1.42. The molecule has 107 valence electrons. The van der Waals surface area contributed by atoms with E-state index in [4.69, 9.17) is 0 Å². The Labute approximate surface area is 134 Å². The Balaban J connectivity index is 1.83. The molecule has 1 N–H and O–H groups in total. The number of amides is 1. The van der Waals surface area contributed by atoms with Crippen molar-refractivity contribution in [2.45, 2.75) is 12.8 Å². The van der Waals surface area contributed by atoms with Crippen LogP contribution in [0, 0.1) is 11.6 Å². The van der Waals surface area contributed by atoms with Crippen LogP contribution in [-0.4, -0.2) is 12.5 Å². The molecule has 2 aromatic carbocycles. The molecule has 0 heterocycles. The standard InChI is InChI=1S/C16H14F2NO.Ti/c17-14-9-8-12(15(18)11-14)7-4-10-19-16(20)13-5-2-1-3-6-13;/h1-3,5-6,8-9H,4,7,10H2,(H,19,20);. The maximum atomic E-state index is 13.8. The summed E-state index contributed by atoms with van der Waals surface area (Å²) in [5.74, 6) is -1.18. The number of benzene rings is 2. The molecule has 0 spiro atoms. The number of hydrogen-bond donors (Lipinski definition) is 1. The number of carbonyl (C=O) groups is 1. The fraction of sp³-hybridized carbons (Fsp3) is 0.188. The van der Waals surface area contributed by atoms with E-state index in [0.717, 1.165) is 0 Å². The number of rotatable bonds is 5. The molecule has 0 saturated carbocycles. The third-order valence-corrected chi connectivity index (χ3v) is 3.83. The second kappa shape index (κ2) is 7.48. The van der Waals surface area contributed by atoms with Crippen molar-refractivity contribution in [2.24, 2.45) is 0 Å². The van der Waals surface area contributed by atoms with Crippen LogP contribution in [0.15, 0.2) is 42.5 Å². The van der Waals surface area contributed by atoms with Gasteiger partial charge in [0.05, 0.1) is 0 Å². The van der Waals surface area contributed by atoms with Gasteiger partial charge in [0.2, 0.25) is 0 Å². The number of hydrogen-bond acceptors (Lipinski definition) is 1. The Bertz CT molecular complexity index is 632. The van der Waals surface area contributed by atoms with Gasteiger partial charge < -0.3 is 0 Å². The van der Waals surface area contributed by atoms with Crippen LogP contribution in [0.1, 0.15) is 22.3 Å². The average molecular weight is 322 g/mol. The number of aryl methyl sites for hydroxylation is 1. The molecular weight excluding hydrogens is 308 g/mol. The van der Waals surface area contributed by atoms with Crippen LogP contribution in [0.25, 0.3) is 0 Å². The van der Waals surface area contributed by atoms with Crippen LogP contribution in [0.2, 0.25) is 0 Å². The van der Waals surface area contributed by atoms with E-state index in [1.54, 1.807) is 24.3 Å². The zero-order valence-electron chi connectivity index (χ0n) is 11.3. The number of halogens is 2. The molecule has 0 fully saturated rings. The Hall–Kier alpha value is -1.52. The third-order valence-electron chi connectivity index (χ3n) is 3.12. The molecule has 0 radical (unpaired) electrons. The van der Waals surface area contributed by atoms with Gasteiger partial charge in [-0.25, -0.2) is 0 Å². The van der Waals surface area contributed by atoms with Gasteiger partial charge in [-0.3, -0.25) is 0 Å². The quantitative estimate of drug-likeness (QED) is 0.665. The van der Waals surface area contributed by atoms with Gasteiger partial charge in [-0.05, 0) is 0 Å². The zero-order valence-corrected chi connectivity index (χ0v) is 12.9.